The molecular weight excluding hydrogens is 316 g/mol. The van der Waals surface area contributed by atoms with Crippen molar-refractivity contribution in [3.8, 4) is 0 Å². The predicted octanol–water partition coefficient (Wildman–Crippen LogP) is 0.317. The van der Waals surface area contributed by atoms with Gasteiger partial charge in [-0.1, -0.05) is 0 Å². The molecule has 2 amide bonds. The van der Waals surface area contributed by atoms with Gasteiger partial charge in [0.2, 0.25) is 0 Å². The lowest BCUT2D eigenvalue weighted by molar-refractivity contribution is -0.139. The van der Waals surface area contributed by atoms with Gasteiger partial charge in [0, 0.05) is 12.8 Å². The molecule has 0 aromatic carbocycles. The zero-order chi connectivity index (χ0) is 15.9. The fourth-order valence-electron chi connectivity index (χ4n) is 1.99. The lowest BCUT2D eigenvalue weighted by Gasteiger charge is -2.22. The monoisotopic (exact) mass is 338 g/mol. The summed E-state index contributed by atoms with van der Waals surface area (Å²) in [6, 6.07) is -1.75. The van der Waals surface area contributed by atoms with Gasteiger partial charge in [-0.3, -0.25) is 0 Å². The van der Waals surface area contributed by atoms with Crippen LogP contribution >= 0.6 is 11.8 Å². The standard InChI is InChI=1S/C12H22N2O5S2/c1-21(18,19)7-4-10(11(15)16)14-12(17)13-8-9-2-5-20-6-3-9/h9-10H,2-8H2,1H3,(H,15,16)(H2,13,14,17). The summed E-state index contributed by atoms with van der Waals surface area (Å²) in [5.41, 5.74) is 0. The first-order chi connectivity index (χ1) is 9.78. The van der Waals surface area contributed by atoms with Crippen LogP contribution in [0.5, 0.6) is 0 Å². The summed E-state index contributed by atoms with van der Waals surface area (Å²) >= 11 is 1.89. The molecule has 1 heterocycles. The Balaban J connectivity index is 2.35. The summed E-state index contributed by atoms with van der Waals surface area (Å²) < 4.78 is 22.1. The van der Waals surface area contributed by atoms with E-state index in [1.165, 1.54) is 0 Å². The van der Waals surface area contributed by atoms with Crippen molar-refractivity contribution in [2.45, 2.75) is 25.3 Å². The van der Waals surface area contributed by atoms with Gasteiger partial charge in [0.25, 0.3) is 0 Å². The highest BCUT2D eigenvalue weighted by Gasteiger charge is 2.22. The Bertz CT molecular complexity index is 460. The second-order valence-electron chi connectivity index (χ2n) is 5.22. The van der Waals surface area contributed by atoms with Gasteiger partial charge >= 0.3 is 12.0 Å². The van der Waals surface area contributed by atoms with E-state index in [0.717, 1.165) is 30.6 Å². The van der Waals surface area contributed by atoms with Gasteiger partial charge in [-0.2, -0.15) is 11.8 Å². The molecule has 21 heavy (non-hydrogen) atoms. The fraction of sp³-hybridized carbons (Fsp3) is 0.833. The second kappa shape index (κ2) is 8.47. The molecule has 0 bridgehead atoms. The van der Waals surface area contributed by atoms with Crippen LogP contribution in [0, 0.1) is 5.92 Å². The zero-order valence-electron chi connectivity index (χ0n) is 12.0. The van der Waals surface area contributed by atoms with Crippen LogP contribution in [-0.4, -0.2) is 61.6 Å². The largest absolute Gasteiger partial charge is 0.480 e. The van der Waals surface area contributed by atoms with Crippen molar-refractivity contribution < 1.29 is 23.1 Å². The molecule has 0 radical (unpaired) electrons. The Kier molecular flexibility index (Phi) is 7.30. The molecule has 9 heteroatoms. The molecule has 1 aliphatic heterocycles. The average molecular weight is 338 g/mol. The number of sulfone groups is 1. The summed E-state index contributed by atoms with van der Waals surface area (Å²) in [6.45, 7) is 0.519. The SMILES string of the molecule is CS(=O)(=O)CCC(NC(=O)NCC1CCSCC1)C(=O)O. The van der Waals surface area contributed by atoms with E-state index < -0.39 is 27.9 Å². The third kappa shape index (κ3) is 8.15. The lowest BCUT2D eigenvalue weighted by Crippen LogP contribution is -2.47. The van der Waals surface area contributed by atoms with Gasteiger partial charge in [0.05, 0.1) is 5.75 Å². The summed E-state index contributed by atoms with van der Waals surface area (Å²) in [5, 5.41) is 14.0. The fourth-order valence-corrected chi connectivity index (χ4v) is 3.85. The smallest absolute Gasteiger partial charge is 0.326 e. The number of carboxylic acid groups (broad SMARTS) is 1. The van der Waals surface area contributed by atoms with E-state index in [1.54, 1.807) is 0 Å². The van der Waals surface area contributed by atoms with E-state index in [1.807, 2.05) is 11.8 Å². The minimum atomic E-state index is -3.26. The van der Waals surface area contributed by atoms with Gasteiger partial charge in [0.1, 0.15) is 15.9 Å². The molecular formula is C12H22N2O5S2. The van der Waals surface area contributed by atoms with Gasteiger partial charge in [0.15, 0.2) is 0 Å². The van der Waals surface area contributed by atoms with Crippen molar-refractivity contribution in [3.05, 3.63) is 0 Å². The van der Waals surface area contributed by atoms with Crippen molar-refractivity contribution >= 4 is 33.6 Å². The number of hydrogen-bond acceptors (Lipinski definition) is 5. The molecule has 1 aliphatic rings. The molecule has 1 rings (SSSR count). The highest BCUT2D eigenvalue weighted by Crippen LogP contribution is 2.21. The molecule has 1 unspecified atom stereocenters. The Morgan fingerprint density at radius 1 is 1.33 bits per heavy atom. The Labute approximate surface area is 129 Å². The van der Waals surface area contributed by atoms with Gasteiger partial charge in [-0.25, -0.2) is 18.0 Å². The highest BCUT2D eigenvalue weighted by atomic mass is 32.2. The third-order valence-corrected chi connectivity index (χ3v) is 5.30. The molecule has 7 nitrogen and oxygen atoms in total. The molecule has 122 valence electrons. The summed E-state index contributed by atoms with van der Waals surface area (Å²) in [7, 11) is -3.26. The number of aliphatic carboxylic acids is 1. The number of nitrogens with one attached hydrogen (secondary N) is 2. The molecule has 0 aromatic rings. The van der Waals surface area contributed by atoms with Crippen molar-refractivity contribution in [2.75, 3.05) is 30.1 Å². The topological polar surface area (TPSA) is 113 Å². The summed E-state index contributed by atoms with van der Waals surface area (Å²) in [4.78, 5) is 22.7. The van der Waals surface area contributed by atoms with Gasteiger partial charge in [-0.05, 0) is 36.7 Å². The lowest BCUT2D eigenvalue weighted by atomic mass is 10.0. The number of amides is 2. The highest BCUT2D eigenvalue weighted by molar-refractivity contribution is 7.99. The molecule has 3 N–H and O–H groups in total. The Morgan fingerprint density at radius 3 is 2.48 bits per heavy atom. The first-order valence-corrected chi connectivity index (χ1v) is 10.0. The quantitative estimate of drug-likeness (QED) is 0.616. The number of carbonyl (C=O) groups is 2. The predicted molar refractivity (Wildman–Crippen MR) is 82.3 cm³/mol. The molecule has 1 atom stereocenters. The number of urea groups is 1. The first kappa shape index (κ1) is 18.1. The molecule has 1 fully saturated rings. The molecule has 0 spiro atoms. The molecule has 1 saturated heterocycles. The average Bonchev–Trinajstić information content (AvgIpc) is 2.41. The minimum absolute atomic E-state index is 0.137. The van der Waals surface area contributed by atoms with Crippen LogP contribution < -0.4 is 10.6 Å². The number of carbonyl (C=O) groups excluding carboxylic acids is 1. The van der Waals surface area contributed by atoms with E-state index >= 15 is 0 Å². The second-order valence-corrected chi connectivity index (χ2v) is 8.70. The van der Waals surface area contributed by atoms with Crippen LogP contribution in [0.3, 0.4) is 0 Å². The van der Waals surface area contributed by atoms with Crippen molar-refractivity contribution in [1.29, 1.82) is 0 Å². The van der Waals surface area contributed by atoms with Crippen LogP contribution in [0.4, 0.5) is 4.79 Å². The first-order valence-electron chi connectivity index (χ1n) is 6.80. The molecule has 0 aliphatic carbocycles. The Hall–Kier alpha value is -0.960. The van der Waals surface area contributed by atoms with Crippen molar-refractivity contribution in [3.63, 3.8) is 0 Å². The van der Waals surface area contributed by atoms with Crippen molar-refractivity contribution in [2.24, 2.45) is 5.92 Å². The number of carboxylic acids is 1. The maximum absolute atomic E-state index is 11.7. The van der Waals surface area contributed by atoms with Gasteiger partial charge in [-0.15, -0.1) is 0 Å². The molecule has 0 saturated carbocycles. The van der Waals surface area contributed by atoms with Crippen LogP contribution in [0.25, 0.3) is 0 Å². The Morgan fingerprint density at radius 2 is 1.95 bits per heavy atom. The van der Waals surface area contributed by atoms with Crippen LogP contribution in [-0.2, 0) is 14.6 Å². The van der Waals surface area contributed by atoms with E-state index in [4.69, 9.17) is 5.11 Å². The maximum atomic E-state index is 11.7. The van der Waals surface area contributed by atoms with E-state index in [0.29, 0.717) is 12.5 Å². The maximum Gasteiger partial charge on any atom is 0.326 e. The van der Waals surface area contributed by atoms with Crippen LogP contribution in [0.2, 0.25) is 0 Å². The third-order valence-electron chi connectivity index (χ3n) is 3.27. The van der Waals surface area contributed by atoms with E-state index in [2.05, 4.69) is 10.6 Å². The zero-order valence-corrected chi connectivity index (χ0v) is 13.6. The number of thioether (sulfide) groups is 1. The van der Waals surface area contributed by atoms with Crippen molar-refractivity contribution in [1.82, 2.24) is 10.6 Å². The van der Waals surface area contributed by atoms with Crippen LogP contribution in [0.1, 0.15) is 19.3 Å². The minimum Gasteiger partial charge on any atom is -0.480 e. The summed E-state index contributed by atoms with van der Waals surface area (Å²) in [6.07, 6.45) is 2.98. The molecule has 0 aromatic heterocycles. The normalized spacial score (nSPS) is 18.0. The number of rotatable bonds is 7. The van der Waals surface area contributed by atoms with Gasteiger partial charge < -0.3 is 15.7 Å². The van der Waals surface area contributed by atoms with E-state index in [-0.39, 0.29) is 12.2 Å². The summed E-state index contributed by atoms with van der Waals surface area (Å²) in [5.74, 6) is 1.09. The van der Waals surface area contributed by atoms with E-state index in [9.17, 15) is 18.0 Å². The number of hydrogen-bond donors (Lipinski definition) is 3. The van der Waals surface area contributed by atoms with Crippen LogP contribution in [0.15, 0.2) is 0 Å².